The van der Waals surface area contributed by atoms with Crippen LogP contribution >= 0.6 is 0 Å². The first-order valence-electron chi connectivity index (χ1n) is 6.83. The number of ether oxygens (including phenoxy) is 1. The standard InChI is InChI=1S/C17H18FNO2/c1-3-21-14-10-8-13(9-11-14)12-19(2)17(20)15-6-4-5-7-16(15)18/h4-11H,3,12H2,1-2H3. The molecule has 3 nitrogen and oxygen atoms in total. The Morgan fingerprint density at radius 3 is 2.43 bits per heavy atom. The van der Waals surface area contributed by atoms with Crippen molar-refractivity contribution in [2.75, 3.05) is 13.7 Å². The van der Waals surface area contributed by atoms with Crippen LogP contribution in [0.3, 0.4) is 0 Å². The second-order valence-corrected chi connectivity index (χ2v) is 4.72. The largest absolute Gasteiger partial charge is 0.494 e. The van der Waals surface area contributed by atoms with Gasteiger partial charge in [-0.25, -0.2) is 4.39 Å². The van der Waals surface area contributed by atoms with E-state index in [2.05, 4.69) is 0 Å². The molecule has 0 N–H and O–H groups in total. The molecule has 0 aliphatic heterocycles. The minimum Gasteiger partial charge on any atom is -0.494 e. The van der Waals surface area contributed by atoms with Crippen LogP contribution in [-0.4, -0.2) is 24.5 Å². The Bertz CT molecular complexity index is 610. The van der Waals surface area contributed by atoms with E-state index >= 15 is 0 Å². The molecule has 0 fully saturated rings. The number of carbonyl (C=O) groups excluding carboxylic acids is 1. The van der Waals surface area contributed by atoms with Crippen molar-refractivity contribution in [1.82, 2.24) is 4.90 Å². The van der Waals surface area contributed by atoms with Crippen molar-refractivity contribution >= 4 is 5.91 Å². The van der Waals surface area contributed by atoms with Crippen molar-refractivity contribution < 1.29 is 13.9 Å². The maximum absolute atomic E-state index is 13.6. The lowest BCUT2D eigenvalue weighted by atomic mass is 10.1. The van der Waals surface area contributed by atoms with Crippen LogP contribution in [0.4, 0.5) is 4.39 Å². The molecule has 0 aromatic heterocycles. The van der Waals surface area contributed by atoms with Gasteiger partial charge in [-0.3, -0.25) is 4.79 Å². The second-order valence-electron chi connectivity index (χ2n) is 4.72. The van der Waals surface area contributed by atoms with E-state index in [-0.39, 0.29) is 11.5 Å². The van der Waals surface area contributed by atoms with Crippen molar-refractivity contribution in [3.63, 3.8) is 0 Å². The van der Waals surface area contributed by atoms with Gasteiger partial charge in [0.1, 0.15) is 11.6 Å². The summed E-state index contributed by atoms with van der Waals surface area (Å²) in [5, 5.41) is 0. The maximum Gasteiger partial charge on any atom is 0.256 e. The van der Waals surface area contributed by atoms with E-state index in [1.807, 2.05) is 31.2 Å². The van der Waals surface area contributed by atoms with E-state index in [9.17, 15) is 9.18 Å². The summed E-state index contributed by atoms with van der Waals surface area (Å²) in [7, 11) is 1.66. The lowest BCUT2D eigenvalue weighted by Crippen LogP contribution is -2.27. The Hall–Kier alpha value is -2.36. The fraction of sp³-hybridized carbons (Fsp3) is 0.235. The van der Waals surface area contributed by atoms with Crippen molar-refractivity contribution in [3.8, 4) is 5.75 Å². The molecule has 110 valence electrons. The van der Waals surface area contributed by atoms with Gasteiger partial charge in [-0.2, -0.15) is 0 Å². The van der Waals surface area contributed by atoms with E-state index in [1.165, 1.54) is 17.0 Å². The molecule has 0 spiro atoms. The van der Waals surface area contributed by atoms with Crippen molar-refractivity contribution in [2.45, 2.75) is 13.5 Å². The molecule has 0 saturated heterocycles. The number of rotatable bonds is 5. The van der Waals surface area contributed by atoms with E-state index in [0.29, 0.717) is 13.2 Å². The summed E-state index contributed by atoms with van der Waals surface area (Å²) in [4.78, 5) is 13.7. The molecule has 0 heterocycles. The predicted molar refractivity (Wildman–Crippen MR) is 79.8 cm³/mol. The van der Waals surface area contributed by atoms with Crippen molar-refractivity contribution in [3.05, 3.63) is 65.5 Å². The molecule has 4 heteroatoms. The Kier molecular flexibility index (Phi) is 4.93. The zero-order chi connectivity index (χ0) is 15.2. The fourth-order valence-electron chi connectivity index (χ4n) is 2.04. The van der Waals surface area contributed by atoms with Crippen LogP contribution in [0, 0.1) is 5.82 Å². The normalized spacial score (nSPS) is 10.2. The first-order chi connectivity index (χ1) is 10.1. The molecule has 0 radical (unpaired) electrons. The molecule has 0 saturated carbocycles. The van der Waals surface area contributed by atoms with Gasteiger partial charge in [-0.15, -0.1) is 0 Å². The third kappa shape index (κ3) is 3.81. The Morgan fingerprint density at radius 2 is 1.81 bits per heavy atom. The monoisotopic (exact) mass is 287 g/mol. The van der Waals surface area contributed by atoms with E-state index in [0.717, 1.165) is 11.3 Å². The average molecular weight is 287 g/mol. The first kappa shape index (κ1) is 15.0. The summed E-state index contributed by atoms with van der Waals surface area (Å²) >= 11 is 0. The zero-order valence-corrected chi connectivity index (χ0v) is 12.2. The number of hydrogen-bond acceptors (Lipinski definition) is 2. The van der Waals surface area contributed by atoms with Gasteiger partial charge in [0.2, 0.25) is 0 Å². The Morgan fingerprint density at radius 1 is 1.14 bits per heavy atom. The third-order valence-electron chi connectivity index (χ3n) is 3.11. The molecule has 0 aliphatic carbocycles. The lowest BCUT2D eigenvalue weighted by molar-refractivity contribution is 0.0780. The van der Waals surface area contributed by atoms with Gasteiger partial charge in [0.05, 0.1) is 12.2 Å². The van der Waals surface area contributed by atoms with Crippen LogP contribution < -0.4 is 4.74 Å². The predicted octanol–water partition coefficient (Wildman–Crippen LogP) is 3.50. The number of halogens is 1. The van der Waals surface area contributed by atoms with E-state index in [4.69, 9.17) is 4.74 Å². The van der Waals surface area contributed by atoms with Crippen molar-refractivity contribution in [2.24, 2.45) is 0 Å². The van der Waals surface area contributed by atoms with Crippen LogP contribution in [0.5, 0.6) is 5.75 Å². The number of nitrogens with zero attached hydrogens (tertiary/aromatic N) is 1. The lowest BCUT2D eigenvalue weighted by Gasteiger charge is -2.18. The van der Waals surface area contributed by atoms with E-state index in [1.54, 1.807) is 19.2 Å². The average Bonchev–Trinajstić information content (AvgIpc) is 2.49. The van der Waals surface area contributed by atoms with Crippen molar-refractivity contribution in [1.29, 1.82) is 0 Å². The van der Waals surface area contributed by atoms with E-state index < -0.39 is 5.82 Å². The topological polar surface area (TPSA) is 29.5 Å². The highest BCUT2D eigenvalue weighted by atomic mass is 19.1. The summed E-state index contributed by atoms with van der Waals surface area (Å²) < 4.78 is 19.0. The molecular weight excluding hydrogens is 269 g/mol. The fourth-order valence-corrected chi connectivity index (χ4v) is 2.04. The number of carbonyl (C=O) groups is 1. The van der Waals surface area contributed by atoms with Crippen LogP contribution in [0.15, 0.2) is 48.5 Å². The van der Waals surface area contributed by atoms with Gasteiger partial charge in [-0.05, 0) is 36.8 Å². The molecule has 2 aromatic carbocycles. The molecule has 0 atom stereocenters. The zero-order valence-electron chi connectivity index (χ0n) is 12.2. The quantitative estimate of drug-likeness (QED) is 0.842. The molecule has 0 unspecified atom stereocenters. The molecule has 2 rings (SSSR count). The number of hydrogen-bond donors (Lipinski definition) is 0. The van der Waals surface area contributed by atoms with Crippen LogP contribution in [-0.2, 0) is 6.54 Å². The Labute approximate surface area is 124 Å². The molecule has 21 heavy (non-hydrogen) atoms. The number of benzene rings is 2. The highest BCUT2D eigenvalue weighted by Gasteiger charge is 2.15. The second kappa shape index (κ2) is 6.88. The summed E-state index contributed by atoms with van der Waals surface area (Å²) in [6.45, 7) is 2.96. The van der Waals surface area contributed by atoms with Crippen LogP contribution in [0.1, 0.15) is 22.8 Å². The van der Waals surface area contributed by atoms with Crippen LogP contribution in [0.25, 0.3) is 0 Å². The summed E-state index contributed by atoms with van der Waals surface area (Å²) in [6, 6.07) is 13.5. The summed E-state index contributed by atoms with van der Waals surface area (Å²) in [6.07, 6.45) is 0. The van der Waals surface area contributed by atoms with Gasteiger partial charge in [0.25, 0.3) is 5.91 Å². The minimum absolute atomic E-state index is 0.0888. The molecule has 1 amide bonds. The van der Waals surface area contributed by atoms with Gasteiger partial charge in [0, 0.05) is 13.6 Å². The smallest absolute Gasteiger partial charge is 0.256 e. The minimum atomic E-state index is -0.499. The van der Waals surface area contributed by atoms with Gasteiger partial charge in [0.15, 0.2) is 0 Å². The number of amides is 1. The van der Waals surface area contributed by atoms with Gasteiger partial charge < -0.3 is 9.64 Å². The molecule has 2 aromatic rings. The van der Waals surface area contributed by atoms with Gasteiger partial charge in [-0.1, -0.05) is 24.3 Å². The highest BCUT2D eigenvalue weighted by molar-refractivity contribution is 5.94. The van der Waals surface area contributed by atoms with Gasteiger partial charge >= 0.3 is 0 Å². The highest BCUT2D eigenvalue weighted by Crippen LogP contribution is 2.15. The Balaban J connectivity index is 2.05. The van der Waals surface area contributed by atoms with Crippen LogP contribution in [0.2, 0.25) is 0 Å². The summed E-state index contributed by atoms with van der Waals surface area (Å²) in [5.74, 6) is -0.0349. The molecular formula is C17H18FNO2. The summed E-state index contributed by atoms with van der Waals surface area (Å²) in [5.41, 5.74) is 1.05. The molecule has 0 bridgehead atoms. The SMILES string of the molecule is CCOc1ccc(CN(C)C(=O)c2ccccc2F)cc1. The third-order valence-corrected chi connectivity index (χ3v) is 3.11. The molecule has 0 aliphatic rings. The maximum atomic E-state index is 13.6. The first-order valence-corrected chi connectivity index (χ1v) is 6.83.